The fourth-order valence-electron chi connectivity index (χ4n) is 2.17. The maximum atomic E-state index is 2.46. The van der Waals surface area contributed by atoms with Crippen molar-refractivity contribution in [2.24, 2.45) is 5.92 Å². The first-order chi connectivity index (χ1) is 7.86. The predicted octanol–water partition coefficient (Wildman–Crippen LogP) is 5.24. The van der Waals surface area contributed by atoms with Gasteiger partial charge in [0.05, 0.1) is 0 Å². The second-order valence-corrected chi connectivity index (χ2v) is 4.62. The standard InChI is InChI=1S/C16H25/c1-3-5-7-11-15(10-4-2)14-16-12-8-6-9-13-16/h6,8-9,12-15H,3-5,7,10-11H2,1-2H3. The van der Waals surface area contributed by atoms with Gasteiger partial charge in [0.15, 0.2) is 0 Å². The largest absolute Gasteiger partial charge is 0.0654 e. The highest BCUT2D eigenvalue weighted by atomic mass is 14.1. The fraction of sp³-hybridized carbons (Fsp3) is 0.562. The van der Waals surface area contributed by atoms with Gasteiger partial charge in [-0.15, -0.1) is 0 Å². The van der Waals surface area contributed by atoms with Gasteiger partial charge >= 0.3 is 0 Å². The van der Waals surface area contributed by atoms with Crippen molar-refractivity contribution >= 4 is 0 Å². The zero-order valence-electron chi connectivity index (χ0n) is 10.8. The van der Waals surface area contributed by atoms with Crippen LogP contribution in [0.2, 0.25) is 0 Å². The zero-order chi connectivity index (χ0) is 11.6. The maximum Gasteiger partial charge on any atom is -0.00621 e. The molecular weight excluding hydrogens is 192 g/mol. The van der Waals surface area contributed by atoms with Gasteiger partial charge in [-0.05, 0) is 24.3 Å². The van der Waals surface area contributed by atoms with Crippen molar-refractivity contribution < 1.29 is 0 Å². The van der Waals surface area contributed by atoms with E-state index in [-0.39, 0.29) is 0 Å². The van der Waals surface area contributed by atoms with Crippen molar-refractivity contribution in [1.29, 1.82) is 0 Å². The van der Waals surface area contributed by atoms with Crippen LogP contribution in [0.3, 0.4) is 0 Å². The van der Waals surface area contributed by atoms with Crippen LogP contribution in [0.15, 0.2) is 30.3 Å². The Morgan fingerprint density at radius 1 is 0.938 bits per heavy atom. The van der Waals surface area contributed by atoms with Gasteiger partial charge in [0.2, 0.25) is 0 Å². The number of hydrogen-bond acceptors (Lipinski definition) is 0. The number of benzene rings is 1. The second-order valence-electron chi connectivity index (χ2n) is 4.62. The van der Waals surface area contributed by atoms with Gasteiger partial charge in [0, 0.05) is 0 Å². The summed E-state index contributed by atoms with van der Waals surface area (Å²) in [6, 6.07) is 10.8. The summed E-state index contributed by atoms with van der Waals surface area (Å²) in [5.41, 5.74) is 1.39. The first-order valence-electron chi connectivity index (χ1n) is 6.76. The quantitative estimate of drug-likeness (QED) is 0.523. The van der Waals surface area contributed by atoms with Crippen LogP contribution in [0.1, 0.15) is 57.9 Å². The molecule has 0 aliphatic heterocycles. The Hall–Kier alpha value is -0.780. The van der Waals surface area contributed by atoms with Crippen molar-refractivity contribution in [2.75, 3.05) is 0 Å². The molecule has 1 atom stereocenters. The minimum absolute atomic E-state index is 0.777. The highest BCUT2D eigenvalue weighted by Gasteiger charge is 2.08. The molecule has 0 saturated carbocycles. The molecule has 0 amide bonds. The van der Waals surface area contributed by atoms with Crippen LogP contribution in [0.25, 0.3) is 0 Å². The summed E-state index contributed by atoms with van der Waals surface area (Å²) >= 11 is 0. The van der Waals surface area contributed by atoms with Crippen LogP contribution in [0, 0.1) is 12.3 Å². The van der Waals surface area contributed by atoms with Gasteiger partial charge in [-0.1, -0.05) is 76.3 Å². The molecule has 0 nitrogen and oxygen atoms in total. The van der Waals surface area contributed by atoms with Gasteiger partial charge in [0.1, 0.15) is 0 Å². The number of hydrogen-bond donors (Lipinski definition) is 0. The van der Waals surface area contributed by atoms with Crippen molar-refractivity contribution in [3.63, 3.8) is 0 Å². The molecule has 0 heterocycles. The molecule has 0 heteroatoms. The second kappa shape index (κ2) is 8.38. The molecule has 0 fully saturated rings. The van der Waals surface area contributed by atoms with Crippen LogP contribution >= 0.6 is 0 Å². The topological polar surface area (TPSA) is 0 Å². The Kier molecular flexibility index (Phi) is 6.96. The summed E-state index contributed by atoms with van der Waals surface area (Å²) in [5.74, 6) is 0.777. The summed E-state index contributed by atoms with van der Waals surface area (Å²) in [7, 11) is 0. The lowest BCUT2D eigenvalue weighted by molar-refractivity contribution is 0.481. The Morgan fingerprint density at radius 3 is 2.31 bits per heavy atom. The highest BCUT2D eigenvalue weighted by Crippen LogP contribution is 2.22. The third-order valence-corrected chi connectivity index (χ3v) is 3.07. The molecule has 0 aliphatic rings. The zero-order valence-corrected chi connectivity index (χ0v) is 10.8. The van der Waals surface area contributed by atoms with E-state index < -0.39 is 0 Å². The van der Waals surface area contributed by atoms with E-state index in [2.05, 4.69) is 50.6 Å². The molecular formula is C16H25. The van der Waals surface area contributed by atoms with Crippen LogP contribution in [-0.2, 0) is 0 Å². The Bertz CT molecular complexity index is 250. The average Bonchev–Trinajstić information content (AvgIpc) is 2.31. The highest BCUT2D eigenvalue weighted by molar-refractivity contribution is 5.23. The van der Waals surface area contributed by atoms with E-state index in [0.29, 0.717) is 0 Å². The van der Waals surface area contributed by atoms with Gasteiger partial charge in [-0.3, -0.25) is 0 Å². The molecule has 1 aromatic carbocycles. The molecule has 1 aromatic rings. The van der Waals surface area contributed by atoms with Gasteiger partial charge in [-0.25, -0.2) is 0 Å². The molecule has 0 bridgehead atoms. The summed E-state index contributed by atoms with van der Waals surface area (Å²) < 4.78 is 0. The molecule has 89 valence electrons. The number of unbranched alkanes of at least 4 members (excludes halogenated alkanes) is 2. The van der Waals surface area contributed by atoms with E-state index in [1.165, 1.54) is 44.1 Å². The molecule has 1 radical (unpaired) electrons. The first-order valence-corrected chi connectivity index (χ1v) is 6.76. The van der Waals surface area contributed by atoms with Crippen molar-refractivity contribution in [3.8, 4) is 0 Å². The fourth-order valence-corrected chi connectivity index (χ4v) is 2.17. The molecule has 0 spiro atoms. The van der Waals surface area contributed by atoms with Crippen LogP contribution < -0.4 is 0 Å². The summed E-state index contributed by atoms with van der Waals surface area (Å²) in [6.45, 7) is 4.56. The van der Waals surface area contributed by atoms with E-state index in [0.717, 1.165) is 5.92 Å². The number of rotatable bonds is 8. The van der Waals surface area contributed by atoms with Crippen molar-refractivity contribution in [1.82, 2.24) is 0 Å². The third kappa shape index (κ3) is 5.34. The van der Waals surface area contributed by atoms with E-state index in [9.17, 15) is 0 Å². The third-order valence-electron chi connectivity index (χ3n) is 3.07. The minimum atomic E-state index is 0.777. The molecule has 0 aromatic heterocycles. The van der Waals surface area contributed by atoms with Crippen molar-refractivity contribution in [3.05, 3.63) is 42.3 Å². The van der Waals surface area contributed by atoms with Crippen LogP contribution in [0.4, 0.5) is 0 Å². The lowest BCUT2D eigenvalue weighted by atomic mass is 9.90. The summed E-state index contributed by atoms with van der Waals surface area (Å²) in [5, 5.41) is 0. The molecule has 0 aliphatic carbocycles. The Morgan fingerprint density at radius 2 is 1.69 bits per heavy atom. The van der Waals surface area contributed by atoms with Crippen LogP contribution in [0.5, 0.6) is 0 Å². The van der Waals surface area contributed by atoms with Gasteiger partial charge in [-0.2, -0.15) is 0 Å². The molecule has 0 N–H and O–H groups in total. The lowest BCUT2D eigenvalue weighted by Crippen LogP contribution is -2.02. The smallest absolute Gasteiger partial charge is 0.00621 e. The molecule has 16 heavy (non-hydrogen) atoms. The predicted molar refractivity (Wildman–Crippen MR) is 72.4 cm³/mol. The normalized spacial score (nSPS) is 12.6. The average molecular weight is 217 g/mol. The van der Waals surface area contributed by atoms with E-state index in [1.807, 2.05) is 0 Å². The van der Waals surface area contributed by atoms with Gasteiger partial charge < -0.3 is 0 Å². The Labute approximate surface area is 101 Å². The van der Waals surface area contributed by atoms with E-state index in [1.54, 1.807) is 0 Å². The maximum absolute atomic E-state index is 2.46. The molecule has 0 saturated heterocycles. The minimum Gasteiger partial charge on any atom is -0.0654 e. The lowest BCUT2D eigenvalue weighted by Gasteiger charge is -2.15. The molecule has 1 unspecified atom stereocenters. The summed E-state index contributed by atoms with van der Waals surface area (Å²) in [4.78, 5) is 0. The first kappa shape index (κ1) is 13.3. The summed E-state index contributed by atoms with van der Waals surface area (Å²) in [6.07, 6.45) is 10.5. The molecule has 1 rings (SSSR count). The van der Waals surface area contributed by atoms with E-state index >= 15 is 0 Å². The van der Waals surface area contributed by atoms with E-state index in [4.69, 9.17) is 0 Å². The monoisotopic (exact) mass is 217 g/mol. The Balaban J connectivity index is 2.38. The van der Waals surface area contributed by atoms with Crippen LogP contribution in [-0.4, -0.2) is 0 Å². The SMILES string of the molecule is CCCCCC([CH]c1ccccc1)CCC. The van der Waals surface area contributed by atoms with Crippen molar-refractivity contribution in [2.45, 2.75) is 52.4 Å². The van der Waals surface area contributed by atoms with Gasteiger partial charge in [0.25, 0.3) is 0 Å².